The van der Waals surface area contributed by atoms with Crippen molar-refractivity contribution in [3.05, 3.63) is 0 Å². The molecule has 12 heavy (non-hydrogen) atoms. The summed E-state index contributed by atoms with van der Waals surface area (Å²) in [6, 6.07) is 0. The Morgan fingerprint density at radius 2 is 2.08 bits per heavy atom. The Morgan fingerprint density at radius 1 is 1.50 bits per heavy atom. The molecule has 70 valence electrons. The van der Waals surface area contributed by atoms with Crippen LogP contribution in [0.5, 0.6) is 0 Å². The van der Waals surface area contributed by atoms with Crippen molar-refractivity contribution in [3.63, 3.8) is 0 Å². The van der Waals surface area contributed by atoms with Crippen LogP contribution in [0.3, 0.4) is 0 Å². The van der Waals surface area contributed by atoms with Crippen LogP contribution in [0.1, 0.15) is 26.7 Å². The van der Waals surface area contributed by atoms with E-state index in [2.05, 4.69) is 4.84 Å². The molecule has 0 aromatic heterocycles. The molecule has 0 bridgehead atoms. The standard InChI is InChI=1S/C7H13NO4/c1-5(2)3-4-6(9)8-12-7(10)11/h5H,3-4H2,1-2H3,(H,8,9)(H,10,11). The summed E-state index contributed by atoms with van der Waals surface area (Å²) in [7, 11) is 0. The molecule has 0 aliphatic carbocycles. The molecule has 0 aromatic carbocycles. The van der Waals surface area contributed by atoms with Gasteiger partial charge in [0.05, 0.1) is 0 Å². The van der Waals surface area contributed by atoms with Crippen LogP contribution in [0.4, 0.5) is 4.79 Å². The number of carboxylic acid groups (broad SMARTS) is 1. The summed E-state index contributed by atoms with van der Waals surface area (Å²) in [5.74, 6) is 0.00618. The van der Waals surface area contributed by atoms with Gasteiger partial charge in [0.25, 0.3) is 5.91 Å². The molecule has 0 fully saturated rings. The quantitative estimate of drug-likeness (QED) is 0.631. The van der Waals surface area contributed by atoms with Crippen LogP contribution in [0.2, 0.25) is 0 Å². The predicted molar refractivity (Wildman–Crippen MR) is 41.3 cm³/mol. The maximum atomic E-state index is 10.8. The number of carbonyl (C=O) groups is 2. The number of hydroxylamine groups is 1. The van der Waals surface area contributed by atoms with Gasteiger partial charge in [-0.05, 0) is 12.3 Å². The lowest BCUT2D eigenvalue weighted by Crippen LogP contribution is -2.26. The van der Waals surface area contributed by atoms with E-state index in [-0.39, 0.29) is 6.42 Å². The number of rotatable bonds is 3. The van der Waals surface area contributed by atoms with Crippen LogP contribution in [0, 0.1) is 5.92 Å². The summed E-state index contributed by atoms with van der Waals surface area (Å²) in [4.78, 5) is 24.4. The molecule has 0 rings (SSSR count). The normalized spacial score (nSPS) is 9.58. The largest absolute Gasteiger partial charge is 0.530 e. The van der Waals surface area contributed by atoms with Gasteiger partial charge in [-0.25, -0.2) is 4.79 Å². The van der Waals surface area contributed by atoms with E-state index in [1.54, 1.807) is 5.48 Å². The van der Waals surface area contributed by atoms with Crippen LogP contribution in [-0.4, -0.2) is 17.2 Å². The molecule has 0 aromatic rings. The van der Waals surface area contributed by atoms with E-state index in [1.165, 1.54) is 0 Å². The molecular formula is C7H13NO4. The number of hydrogen-bond acceptors (Lipinski definition) is 3. The maximum absolute atomic E-state index is 10.8. The number of amides is 1. The lowest BCUT2D eigenvalue weighted by atomic mass is 10.1. The van der Waals surface area contributed by atoms with Gasteiger partial charge in [-0.3, -0.25) is 4.79 Å². The average molecular weight is 175 g/mol. The maximum Gasteiger partial charge on any atom is 0.530 e. The monoisotopic (exact) mass is 175 g/mol. The topological polar surface area (TPSA) is 75.6 Å². The van der Waals surface area contributed by atoms with E-state index in [1.807, 2.05) is 13.8 Å². The van der Waals surface area contributed by atoms with E-state index in [0.29, 0.717) is 5.92 Å². The zero-order chi connectivity index (χ0) is 9.56. The van der Waals surface area contributed by atoms with Gasteiger partial charge in [0.1, 0.15) is 0 Å². The summed E-state index contributed by atoms with van der Waals surface area (Å²) < 4.78 is 0. The average Bonchev–Trinajstić information content (AvgIpc) is 1.96. The third kappa shape index (κ3) is 6.85. The highest BCUT2D eigenvalue weighted by atomic mass is 16.8. The molecule has 0 spiro atoms. The van der Waals surface area contributed by atoms with Crippen molar-refractivity contribution in [2.45, 2.75) is 26.7 Å². The van der Waals surface area contributed by atoms with Gasteiger partial charge in [0.2, 0.25) is 0 Å². The molecule has 0 radical (unpaired) electrons. The summed E-state index contributed by atoms with van der Waals surface area (Å²) in [6.45, 7) is 3.96. The Kier molecular flexibility index (Phi) is 4.83. The second kappa shape index (κ2) is 5.40. The first-order valence-electron chi connectivity index (χ1n) is 3.71. The van der Waals surface area contributed by atoms with E-state index < -0.39 is 12.1 Å². The van der Waals surface area contributed by atoms with Crippen molar-refractivity contribution in [1.29, 1.82) is 0 Å². The lowest BCUT2D eigenvalue weighted by molar-refractivity contribution is -0.130. The Balaban J connectivity index is 3.40. The fourth-order valence-electron chi connectivity index (χ4n) is 0.571. The third-order valence-corrected chi connectivity index (χ3v) is 1.20. The van der Waals surface area contributed by atoms with Crippen LogP contribution < -0.4 is 5.48 Å². The van der Waals surface area contributed by atoms with Crippen molar-refractivity contribution in [2.24, 2.45) is 5.92 Å². The van der Waals surface area contributed by atoms with Crippen molar-refractivity contribution in [2.75, 3.05) is 0 Å². The molecule has 0 aliphatic heterocycles. The zero-order valence-electron chi connectivity index (χ0n) is 7.16. The van der Waals surface area contributed by atoms with Gasteiger partial charge >= 0.3 is 6.16 Å². The minimum atomic E-state index is -1.51. The van der Waals surface area contributed by atoms with E-state index in [0.717, 1.165) is 6.42 Å². The molecular weight excluding hydrogens is 162 g/mol. The zero-order valence-corrected chi connectivity index (χ0v) is 7.16. The second-order valence-electron chi connectivity index (χ2n) is 2.83. The minimum Gasteiger partial charge on any atom is -0.448 e. The Hall–Kier alpha value is -1.26. The smallest absolute Gasteiger partial charge is 0.448 e. The molecule has 0 saturated heterocycles. The minimum absolute atomic E-state index is 0.283. The van der Waals surface area contributed by atoms with Gasteiger partial charge in [0.15, 0.2) is 0 Å². The van der Waals surface area contributed by atoms with Crippen LogP contribution >= 0.6 is 0 Å². The van der Waals surface area contributed by atoms with Crippen LogP contribution in [0.15, 0.2) is 0 Å². The molecule has 0 atom stereocenters. The molecule has 0 saturated carbocycles. The number of carbonyl (C=O) groups excluding carboxylic acids is 1. The Labute approximate surface area is 70.7 Å². The Bertz CT molecular complexity index is 167. The van der Waals surface area contributed by atoms with Crippen molar-refractivity contribution < 1.29 is 19.5 Å². The first kappa shape index (κ1) is 10.7. The summed E-state index contributed by atoms with van der Waals surface area (Å²) in [5.41, 5.74) is 1.80. The van der Waals surface area contributed by atoms with Crippen molar-refractivity contribution >= 4 is 12.1 Å². The molecule has 0 aliphatic rings. The lowest BCUT2D eigenvalue weighted by Gasteiger charge is -2.03. The van der Waals surface area contributed by atoms with Gasteiger partial charge in [0, 0.05) is 6.42 Å². The molecule has 1 amide bonds. The number of hydrogen-bond donors (Lipinski definition) is 2. The second-order valence-corrected chi connectivity index (χ2v) is 2.83. The van der Waals surface area contributed by atoms with E-state index in [4.69, 9.17) is 5.11 Å². The predicted octanol–water partition coefficient (Wildman–Crippen LogP) is 1.15. The molecule has 2 N–H and O–H groups in total. The first-order valence-corrected chi connectivity index (χ1v) is 3.71. The molecule has 0 heterocycles. The fourth-order valence-corrected chi connectivity index (χ4v) is 0.571. The van der Waals surface area contributed by atoms with Crippen molar-refractivity contribution in [1.82, 2.24) is 5.48 Å². The third-order valence-electron chi connectivity index (χ3n) is 1.20. The van der Waals surface area contributed by atoms with Crippen LogP contribution in [-0.2, 0) is 9.63 Å². The highest BCUT2D eigenvalue weighted by molar-refractivity contribution is 5.76. The van der Waals surface area contributed by atoms with Crippen molar-refractivity contribution in [3.8, 4) is 0 Å². The first-order chi connectivity index (χ1) is 5.52. The molecule has 0 unspecified atom stereocenters. The highest BCUT2D eigenvalue weighted by Gasteiger charge is 2.05. The van der Waals surface area contributed by atoms with Gasteiger partial charge in [-0.1, -0.05) is 13.8 Å². The van der Waals surface area contributed by atoms with Gasteiger partial charge < -0.3 is 9.94 Å². The van der Waals surface area contributed by atoms with E-state index >= 15 is 0 Å². The van der Waals surface area contributed by atoms with E-state index in [9.17, 15) is 9.59 Å². The number of nitrogens with one attached hydrogen (secondary N) is 1. The Morgan fingerprint density at radius 3 is 2.50 bits per heavy atom. The summed E-state index contributed by atoms with van der Waals surface area (Å²) in [5, 5.41) is 8.00. The molecule has 5 nitrogen and oxygen atoms in total. The summed E-state index contributed by atoms with van der Waals surface area (Å²) in [6.07, 6.45) is -0.507. The van der Waals surface area contributed by atoms with Gasteiger partial charge in [-0.2, -0.15) is 5.48 Å². The van der Waals surface area contributed by atoms with Crippen LogP contribution in [0.25, 0.3) is 0 Å². The van der Waals surface area contributed by atoms with Gasteiger partial charge in [-0.15, -0.1) is 0 Å². The SMILES string of the molecule is CC(C)CCC(=O)NOC(=O)O. The highest BCUT2D eigenvalue weighted by Crippen LogP contribution is 2.02. The summed E-state index contributed by atoms with van der Waals surface area (Å²) >= 11 is 0. The molecule has 5 heteroatoms. The fraction of sp³-hybridized carbons (Fsp3) is 0.714.